The Labute approximate surface area is 241 Å². The van der Waals surface area contributed by atoms with Gasteiger partial charge in [-0.3, -0.25) is 0 Å². The van der Waals surface area contributed by atoms with E-state index in [1.165, 1.54) is 0 Å². The average Bonchev–Trinajstić information content (AvgIpc) is 2.97. The standard InChI is InChI=1S/C32H26Br2O2P2/c33-31-22-26(24-38(36,29-17-9-3-10-18-29)30-19-11-4-12-20-30)32(34)21-25(31)23-37(35,27-13-5-1-6-14-27)28-15-7-2-8-16-28/h1-22H,23-24H2. The molecule has 0 aromatic heterocycles. The molecular formula is C32H26Br2O2P2. The van der Waals surface area contributed by atoms with Crippen molar-refractivity contribution in [2.24, 2.45) is 0 Å². The topological polar surface area (TPSA) is 34.1 Å². The minimum atomic E-state index is -2.95. The first-order valence-corrected chi connectivity index (χ1v) is 17.6. The molecule has 0 aliphatic heterocycles. The highest BCUT2D eigenvalue weighted by atomic mass is 79.9. The largest absolute Gasteiger partial charge is 0.313 e. The third kappa shape index (κ3) is 5.61. The summed E-state index contributed by atoms with van der Waals surface area (Å²) in [5.74, 6) is 0. The Balaban J connectivity index is 1.55. The van der Waals surface area contributed by atoms with Gasteiger partial charge in [-0.25, -0.2) is 0 Å². The Hall–Kier alpha value is -2.48. The fourth-order valence-corrected chi connectivity index (χ4v) is 11.6. The van der Waals surface area contributed by atoms with Crippen LogP contribution in [0.3, 0.4) is 0 Å². The second-order valence-electron chi connectivity index (χ2n) is 9.17. The van der Waals surface area contributed by atoms with Crippen LogP contribution in [0.15, 0.2) is 142 Å². The summed E-state index contributed by atoms with van der Waals surface area (Å²) in [7, 11) is -5.90. The van der Waals surface area contributed by atoms with E-state index in [2.05, 4.69) is 31.9 Å². The summed E-state index contributed by atoms with van der Waals surface area (Å²) in [5, 5.41) is 3.32. The van der Waals surface area contributed by atoms with Crippen molar-refractivity contribution in [3.8, 4) is 0 Å². The van der Waals surface area contributed by atoms with Crippen LogP contribution in [-0.2, 0) is 21.5 Å². The molecule has 0 saturated carbocycles. The minimum Gasteiger partial charge on any atom is -0.313 e. The SMILES string of the molecule is O=P(Cc1cc(Br)c(CP(=O)(c2ccccc2)c2ccccc2)cc1Br)(c1ccccc1)c1ccccc1. The van der Waals surface area contributed by atoms with Gasteiger partial charge in [-0.1, -0.05) is 153 Å². The van der Waals surface area contributed by atoms with Crippen LogP contribution in [0.5, 0.6) is 0 Å². The van der Waals surface area contributed by atoms with Gasteiger partial charge >= 0.3 is 0 Å². The molecule has 0 N–H and O–H groups in total. The molecule has 5 aromatic carbocycles. The van der Waals surface area contributed by atoms with Crippen molar-refractivity contribution in [2.45, 2.75) is 12.3 Å². The van der Waals surface area contributed by atoms with Gasteiger partial charge in [0, 0.05) is 42.5 Å². The molecule has 5 aromatic rings. The molecule has 0 fully saturated rings. The van der Waals surface area contributed by atoms with Crippen molar-refractivity contribution in [1.29, 1.82) is 0 Å². The zero-order valence-electron chi connectivity index (χ0n) is 20.6. The number of hydrogen-bond acceptors (Lipinski definition) is 2. The van der Waals surface area contributed by atoms with Crippen LogP contribution in [0.1, 0.15) is 11.1 Å². The van der Waals surface area contributed by atoms with E-state index in [1.807, 2.05) is 133 Å². The van der Waals surface area contributed by atoms with E-state index in [1.54, 1.807) is 0 Å². The van der Waals surface area contributed by atoms with Crippen LogP contribution in [-0.4, -0.2) is 0 Å². The normalized spacial score (nSPS) is 11.8. The third-order valence-corrected chi connectivity index (χ3v) is 14.3. The van der Waals surface area contributed by atoms with E-state index < -0.39 is 14.3 Å². The number of rotatable bonds is 8. The molecule has 6 heteroatoms. The van der Waals surface area contributed by atoms with Crippen LogP contribution < -0.4 is 21.2 Å². The van der Waals surface area contributed by atoms with Crippen molar-refractivity contribution >= 4 is 67.4 Å². The fraction of sp³-hybridized carbons (Fsp3) is 0.0625. The monoisotopic (exact) mass is 662 g/mol. The highest BCUT2D eigenvalue weighted by Crippen LogP contribution is 2.51. The van der Waals surface area contributed by atoms with Crippen LogP contribution >= 0.6 is 46.1 Å². The first-order valence-electron chi connectivity index (χ1n) is 12.3. The molecule has 190 valence electrons. The second-order valence-corrected chi connectivity index (χ2v) is 16.5. The highest BCUT2D eigenvalue weighted by Gasteiger charge is 2.31. The van der Waals surface area contributed by atoms with Gasteiger partial charge in [0.15, 0.2) is 0 Å². The van der Waals surface area contributed by atoms with Gasteiger partial charge in [0.05, 0.1) is 0 Å². The summed E-state index contributed by atoms with van der Waals surface area (Å²) in [6.07, 6.45) is 0.741. The molecule has 0 bridgehead atoms. The molecule has 0 heterocycles. The van der Waals surface area contributed by atoms with Crippen LogP contribution in [0.25, 0.3) is 0 Å². The zero-order valence-corrected chi connectivity index (χ0v) is 25.5. The van der Waals surface area contributed by atoms with E-state index in [9.17, 15) is 9.13 Å². The van der Waals surface area contributed by atoms with E-state index >= 15 is 0 Å². The number of hydrogen-bond donors (Lipinski definition) is 0. The first-order chi connectivity index (χ1) is 18.4. The Kier molecular flexibility index (Phi) is 8.36. The minimum absolute atomic E-state index is 0.371. The van der Waals surface area contributed by atoms with Crippen molar-refractivity contribution in [2.75, 3.05) is 0 Å². The molecule has 0 saturated heterocycles. The lowest BCUT2D eigenvalue weighted by Crippen LogP contribution is -2.18. The lowest BCUT2D eigenvalue weighted by molar-refractivity contribution is 0.585. The van der Waals surface area contributed by atoms with E-state index in [4.69, 9.17) is 0 Å². The molecule has 0 spiro atoms. The highest BCUT2D eigenvalue weighted by molar-refractivity contribution is 9.11. The Morgan fingerprint density at radius 3 is 0.895 bits per heavy atom. The average molecular weight is 664 g/mol. The first kappa shape index (κ1) is 27.1. The molecule has 0 atom stereocenters. The van der Waals surface area contributed by atoms with Gasteiger partial charge in [0.1, 0.15) is 14.3 Å². The molecule has 0 aliphatic rings. The van der Waals surface area contributed by atoms with Crippen LogP contribution in [0.2, 0.25) is 0 Å². The lowest BCUT2D eigenvalue weighted by Gasteiger charge is -2.23. The fourth-order valence-electron chi connectivity index (χ4n) is 4.69. The summed E-state index contributed by atoms with van der Waals surface area (Å²) in [4.78, 5) is 0. The third-order valence-electron chi connectivity index (χ3n) is 6.69. The summed E-state index contributed by atoms with van der Waals surface area (Å²) < 4.78 is 31.0. The van der Waals surface area contributed by atoms with Crippen LogP contribution in [0.4, 0.5) is 0 Å². The maximum Gasteiger partial charge on any atom is 0.147 e. The second kappa shape index (κ2) is 11.7. The number of halogens is 2. The quantitative estimate of drug-likeness (QED) is 0.157. The maximum absolute atomic E-state index is 14.7. The van der Waals surface area contributed by atoms with E-state index in [-0.39, 0.29) is 0 Å². The predicted molar refractivity (Wildman–Crippen MR) is 169 cm³/mol. The lowest BCUT2D eigenvalue weighted by atomic mass is 10.2. The molecule has 2 nitrogen and oxygen atoms in total. The Bertz CT molecular complexity index is 1410. The smallest absolute Gasteiger partial charge is 0.147 e. The Morgan fingerprint density at radius 1 is 0.421 bits per heavy atom. The number of benzene rings is 5. The summed E-state index contributed by atoms with van der Waals surface area (Å²) in [5.41, 5.74) is 1.87. The van der Waals surface area contributed by atoms with Gasteiger partial charge in [-0.2, -0.15) is 0 Å². The zero-order chi connectivity index (χ0) is 26.6. The molecule has 0 radical (unpaired) electrons. The van der Waals surface area contributed by atoms with Crippen molar-refractivity contribution < 1.29 is 9.13 Å². The van der Waals surface area contributed by atoms with Gasteiger partial charge < -0.3 is 9.13 Å². The molecule has 5 rings (SSSR count). The molecule has 0 aliphatic carbocycles. The van der Waals surface area contributed by atoms with Crippen molar-refractivity contribution in [1.82, 2.24) is 0 Å². The van der Waals surface area contributed by atoms with Crippen molar-refractivity contribution in [3.05, 3.63) is 154 Å². The van der Waals surface area contributed by atoms with Gasteiger partial charge in [-0.05, 0) is 23.3 Å². The van der Waals surface area contributed by atoms with Gasteiger partial charge in [-0.15, -0.1) is 0 Å². The molecular weight excluding hydrogens is 638 g/mol. The van der Waals surface area contributed by atoms with Crippen molar-refractivity contribution in [3.63, 3.8) is 0 Å². The van der Waals surface area contributed by atoms with Crippen LogP contribution in [0, 0.1) is 0 Å². The maximum atomic E-state index is 14.7. The molecule has 38 heavy (non-hydrogen) atoms. The molecule has 0 unspecified atom stereocenters. The summed E-state index contributed by atoms with van der Waals surface area (Å²) in [6.45, 7) is 0. The summed E-state index contributed by atoms with van der Waals surface area (Å²) >= 11 is 7.54. The van der Waals surface area contributed by atoms with E-state index in [0.29, 0.717) is 12.3 Å². The molecule has 0 amide bonds. The van der Waals surface area contributed by atoms with E-state index in [0.717, 1.165) is 41.3 Å². The predicted octanol–water partition coefficient (Wildman–Crippen LogP) is 8.24. The summed E-state index contributed by atoms with van der Waals surface area (Å²) in [6, 6.07) is 42.9. The Morgan fingerprint density at radius 2 is 0.658 bits per heavy atom. The van der Waals surface area contributed by atoms with Gasteiger partial charge in [0.25, 0.3) is 0 Å². The van der Waals surface area contributed by atoms with Gasteiger partial charge in [0.2, 0.25) is 0 Å².